The van der Waals surface area contributed by atoms with E-state index in [1.807, 2.05) is 0 Å². The molecule has 0 saturated heterocycles. The largest absolute Gasteiger partial charge is 0.464 e. The number of fused-ring (bicyclic) bond motifs is 1. The molecule has 19 heavy (non-hydrogen) atoms. The lowest BCUT2D eigenvalue weighted by atomic mass is 10.2. The second-order valence-electron chi connectivity index (χ2n) is 3.98. The highest BCUT2D eigenvalue weighted by Gasteiger charge is 2.11. The average molecular weight is 281 g/mol. The third kappa shape index (κ3) is 2.88. The lowest BCUT2D eigenvalue weighted by Gasteiger charge is -2.10. The van der Waals surface area contributed by atoms with Gasteiger partial charge in [-0.15, -0.1) is 0 Å². The maximum Gasteiger partial charge on any atom is 0.427 e. The van der Waals surface area contributed by atoms with Crippen LogP contribution in [0.3, 0.4) is 0 Å². The van der Waals surface area contributed by atoms with Gasteiger partial charge in [-0.25, -0.2) is 4.79 Å². The minimum atomic E-state index is -1.10. The van der Waals surface area contributed by atoms with E-state index < -0.39 is 6.09 Å². The van der Waals surface area contributed by atoms with E-state index in [4.69, 9.17) is 21.1 Å². The predicted octanol–water partition coefficient (Wildman–Crippen LogP) is 3.81. The summed E-state index contributed by atoms with van der Waals surface area (Å²) in [7, 11) is 0. The van der Waals surface area contributed by atoms with Gasteiger partial charge in [-0.05, 0) is 38.1 Å². The van der Waals surface area contributed by atoms with Gasteiger partial charge < -0.3 is 9.52 Å². The molecular weight excluding hydrogens is 268 g/mol. The highest BCUT2D eigenvalue weighted by molar-refractivity contribution is 6.31. The first kappa shape index (κ1) is 13.4. The van der Waals surface area contributed by atoms with Gasteiger partial charge in [0.1, 0.15) is 11.3 Å². The van der Waals surface area contributed by atoms with E-state index in [2.05, 4.69) is 5.10 Å². The molecule has 1 N–H and O–H groups in total. The molecule has 2 aromatic rings. The third-order valence-electron chi connectivity index (χ3n) is 2.63. The van der Waals surface area contributed by atoms with E-state index in [-0.39, 0.29) is 6.54 Å². The Labute approximate surface area is 115 Å². The maximum absolute atomic E-state index is 10.9. The number of hydrogen-bond acceptors (Lipinski definition) is 3. The number of hydrogen-bond donors (Lipinski definition) is 1. The first-order chi connectivity index (χ1) is 9.01. The molecule has 0 fully saturated rings. The number of halogens is 1. The van der Waals surface area contributed by atoms with Gasteiger partial charge in [0.05, 0.1) is 0 Å². The first-order valence-electron chi connectivity index (χ1n) is 5.76. The van der Waals surface area contributed by atoms with Crippen LogP contribution in [-0.4, -0.2) is 28.5 Å². The van der Waals surface area contributed by atoms with Crippen molar-refractivity contribution in [2.75, 3.05) is 6.54 Å². The molecule has 1 amide bonds. The molecule has 0 spiro atoms. The lowest BCUT2D eigenvalue weighted by Crippen LogP contribution is -2.24. The fourth-order valence-electron chi connectivity index (χ4n) is 1.67. The molecule has 0 aliphatic rings. The fraction of sp³-hybridized carbons (Fsp3) is 0.231. The second kappa shape index (κ2) is 5.32. The molecule has 0 radical (unpaired) electrons. The summed E-state index contributed by atoms with van der Waals surface area (Å²) in [4.78, 5) is 10.9. The Morgan fingerprint density at radius 2 is 2.21 bits per heavy atom. The lowest BCUT2D eigenvalue weighted by molar-refractivity contribution is 0.149. The molecule has 0 aliphatic heterocycles. The summed E-state index contributed by atoms with van der Waals surface area (Å²) >= 11 is 5.90. The molecule has 1 heterocycles. The molecule has 0 saturated carbocycles. The van der Waals surface area contributed by atoms with Crippen LogP contribution in [0.4, 0.5) is 4.79 Å². The zero-order chi connectivity index (χ0) is 14.0. The molecule has 2 rings (SSSR count). The van der Waals surface area contributed by atoms with Gasteiger partial charge >= 0.3 is 6.09 Å². The van der Waals surface area contributed by atoms with Crippen LogP contribution in [0, 0.1) is 0 Å². The van der Waals surface area contributed by atoms with Crippen LogP contribution >= 0.6 is 11.6 Å². The zero-order valence-corrected chi connectivity index (χ0v) is 11.3. The Balaban J connectivity index is 2.38. The van der Waals surface area contributed by atoms with E-state index in [1.54, 1.807) is 38.1 Å². The van der Waals surface area contributed by atoms with Crippen LogP contribution < -0.4 is 0 Å². The average Bonchev–Trinajstić information content (AvgIpc) is 2.78. The standard InChI is InChI=1S/C13H13ClN2O3/c1-3-16(13(17)18)15-8(2)12-7-9-6-10(14)4-5-11(9)19-12/h4-7H,3H2,1-2H3,(H,17,18). The van der Waals surface area contributed by atoms with Crippen LogP contribution in [0.25, 0.3) is 11.0 Å². The van der Waals surface area contributed by atoms with E-state index in [0.717, 1.165) is 10.4 Å². The summed E-state index contributed by atoms with van der Waals surface area (Å²) in [5, 5.41) is 15.4. The van der Waals surface area contributed by atoms with Gasteiger partial charge in [-0.1, -0.05) is 11.6 Å². The molecule has 0 aliphatic carbocycles. The minimum absolute atomic E-state index is 0.277. The van der Waals surface area contributed by atoms with Crippen molar-refractivity contribution in [1.29, 1.82) is 0 Å². The normalized spacial score (nSPS) is 11.8. The Hall–Kier alpha value is -2.01. The van der Waals surface area contributed by atoms with Gasteiger partial charge in [0.15, 0.2) is 5.76 Å². The van der Waals surface area contributed by atoms with E-state index in [9.17, 15) is 4.79 Å². The molecular formula is C13H13ClN2O3. The van der Waals surface area contributed by atoms with E-state index in [1.165, 1.54) is 0 Å². The second-order valence-corrected chi connectivity index (χ2v) is 4.41. The number of carbonyl (C=O) groups is 1. The van der Waals surface area contributed by atoms with Crippen molar-refractivity contribution in [3.05, 3.63) is 35.0 Å². The molecule has 6 heteroatoms. The molecule has 1 aromatic carbocycles. The van der Waals surface area contributed by atoms with Crippen molar-refractivity contribution in [1.82, 2.24) is 5.01 Å². The van der Waals surface area contributed by atoms with Crippen LogP contribution in [0.1, 0.15) is 19.6 Å². The van der Waals surface area contributed by atoms with Gasteiger partial charge in [0, 0.05) is 17.0 Å². The van der Waals surface area contributed by atoms with Crippen LogP contribution in [0.15, 0.2) is 33.8 Å². The molecule has 0 unspecified atom stereocenters. The molecule has 1 aromatic heterocycles. The van der Waals surface area contributed by atoms with Gasteiger partial charge in [-0.2, -0.15) is 10.1 Å². The summed E-state index contributed by atoms with van der Waals surface area (Å²) < 4.78 is 5.60. The number of amides is 1. The van der Waals surface area contributed by atoms with Gasteiger partial charge in [-0.3, -0.25) is 0 Å². The predicted molar refractivity (Wildman–Crippen MR) is 73.8 cm³/mol. The van der Waals surface area contributed by atoms with Crippen molar-refractivity contribution in [2.45, 2.75) is 13.8 Å². The molecule has 0 atom stereocenters. The Kier molecular flexibility index (Phi) is 3.76. The zero-order valence-electron chi connectivity index (χ0n) is 10.6. The molecule has 100 valence electrons. The summed E-state index contributed by atoms with van der Waals surface area (Å²) in [6.07, 6.45) is -1.10. The molecule has 0 bridgehead atoms. The van der Waals surface area contributed by atoms with E-state index >= 15 is 0 Å². The SMILES string of the molecule is CCN(N=C(C)c1cc2cc(Cl)ccc2o1)C(=O)O. The highest BCUT2D eigenvalue weighted by atomic mass is 35.5. The Morgan fingerprint density at radius 1 is 1.47 bits per heavy atom. The van der Waals surface area contributed by atoms with Crippen molar-refractivity contribution in [2.24, 2.45) is 5.10 Å². The number of rotatable bonds is 3. The number of furan rings is 1. The van der Waals surface area contributed by atoms with Crippen LogP contribution in [0.2, 0.25) is 5.02 Å². The maximum atomic E-state index is 10.9. The Morgan fingerprint density at radius 3 is 2.84 bits per heavy atom. The summed E-state index contributed by atoms with van der Waals surface area (Å²) in [5.74, 6) is 0.525. The highest BCUT2D eigenvalue weighted by Crippen LogP contribution is 2.23. The summed E-state index contributed by atoms with van der Waals surface area (Å²) in [6, 6.07) is 7.07. The van der Waals surface area contributed by atoms with Crippen molar-refractivity contribution in [3.8, 4) is 0 Å². The Bertz CT molecular complexity index is 648. The van der Waals surface area contributed by atoms with Gasteiger partial charge in [0.25, 0.3) is 0 Å². The fourth-order valence-corrected chi connectivity index (χ4v) is 1.85. The topological polar surface area (TPSA) is 66.0 Å². The number of carboxylic acid groups (broad SMARTS) is 1. The quantitative estimate of drug-likeness (QED) is 0.687. The smallest absolute Gasteiger partial charge is 0.427 e. The summed E-state index contributed by atoms with van der Waals surface area (Å²) in [5.41, 5.74) is 1.18. The van der Waals surface area contributed by atoms with Crippen molar-refractivity contribution >= 4 is 34.4 Å². The number of hydrazone groups is 1. The van der Waals surface area contributed by atoms with Crippen molar-refractivity contribution < 1.29 is 14.3 Å². The minimum Gasteiger partial charge on any atom is -0.464 e. The third-order valence-corrected chi connectivity index (χ3v) is 2.86. The molecule has 5 nitrogen and oxygen atoms in total. The van der Waals surface area contributed by atoms with Crippen LogP contribution in [0.5, 0.6) is 0 Å². The van der Waals surface area contributed by atoms with E-state index in [0.29, 0.717) is 22.1 Å². The first-order valence-corrected chi connectivity index (χ1v) is 6.14. The van der Waals surface area contributed by atoms with Crippen LogP contribution in [-0.2, 0) is 0 Å². The number of nitrogens with zero attached hydrogens (tertiary/aromatic N) is 2. The monoisotopic (exact) mass is 280 g/mol. The van der Waals surface area contributed by atoms with Gasteiger partial charge in [0.2, 0.25) is 0 Å². The van der Waals surface area contributed by atoms with Crippen molar-refractivity contribution in [3.63, 3.8) is 0 Å². The summed E-state index contributed by atoms with van der Waals surface area (Å²) in [6.45, 7) is 3.69. The number of benzene rings is 1.